The zero-order valence-electron chi connectivity index (χ0n) is 20.3. The second kappa shape index (κ2) is 11.7. The van der Waals surface area contributed by atoms with Crippen LogP contribution in [-0.4, -0.2) is 53.6 Å². The number of halogens is 3. The number of piperidine rings is 1. The third kappa shape index (κ3) is 7.10. The normalized spacial score (nSPS) is 15.5. The van der Waals surface area contributed by atoms with Crippen molar-refractivity contribution in [3.05, 3.63) is 72.1 Å². The summed E-state index contributed by atoms with van der Waals surface area (Å²) >= 11 is 0. The van der Waals surface area contributed by atoms with Crippen molar-refractivity contribution in [2.75, 3.05) is 25.5 Å². The predicted octanol–water partition coefficient (Wildman–Crippen LogP) is 4.45. The third-order valence-corrected chi connectivity index (χ3v) is 6.01. The summed E-state index contributed by atoms with van der Waals surface area (Å²) in [5, 5.41) is 2.70. The Morgan fingerprint density at radius 3 is 2.25 bits per heavy atom. The number of nitrogens with one attached hydrogen (secondary N) is 1. The van der Waals surface area contributed by atoms with Crippen LogP contribution >= 0.6 is 0 Å². The summed E-state index contributed by atoms with van der Waals surface area (Å²) in [5.74, 6) is -0.0986. The van der Waals surface area contributed by atoms with Gasteiger partial charge in [-0.3, -0.25) is 9.59 Å². The minimum absolute atomic E-state index is 0.0145. The molecular formula is C26H30F3N5O2. The maximum Gasteiger partial charge on any atom is 0.435 e. The van der Waals surface area contributed by atoms with E-state index >= 15 is 0 Å². The Bertz CT molecular complexity index is 1110. The monoisotopic (exact) mass is 501 g/mol. The van der Waals surface area contributed by atoms with Crippen LogP contribution in [0, 0.1) is 5.92 Å². The Kier molecular flexibility index (Phi) is 8.73. The van der Waals surface area contributed by atoms with E-state index in [1.54, 1.807) is 59.3 Å². The molecule has 0 unspecified atom stereocenters. The van der Waals surface area contributed by atoms with Crippen molar-refractivity contribution in [1.29, 1.82) is 0 Å². The maximum atomic E-state index is 13.7. The zero-order valence-corrected chi connectivity index (χ0v) is 20.3. The minimum atomic E-state index is -4.72. The van der Waals surface area contributed by atoms with E-state index in [-0.39, 0.29) is 29.1 Å². The second-order valence-electron chi connectivity index (χ2n) is 8.67. The highest BCUT2D eigenvalue weighted by Crippen LogP contribution is 2.27. The number of allylic oxidation sites excluding steroid dienone is 1. The van der Waals surface area contributed by atoms with Crippen molar-refractivity contribution >= 4 is 28.9 Å². The molecule has 0 radical (unpaired) electrons. The molecule has 1 aliphatic heterocycles. The Hall–Kier alpha value is -3.82. The molecule has 1 saturated heterocycles. The van der Waals surface area contributed by atoms with Gasteiger partial charge in [0.1, 0.15) is 0 Å². The molecule has 10 heteroatoms. The van der Waals surface area contributed by atoms with Crippen molar-refractivity contribution < 1.29 is 22.8 Å². The molecule has 0 aromatic heterocycles. The quantitative estimate of drug-likeness (QED) is 0.549. The molecule has 1 fully saturated rings. The first-order valence-electron chi connectivity index (χ1n) is 11.6. The first kappa shape index (κ1) is 26.8. The average Bonchev–Trinajstić information content (AvgIpc) is 2.86. The van der Waals surface area contributed by atoms with Gasteiger partial charge in [-0.2, -0.15) is 13.2 Å². The second-order valence-corrected chi connectivity index (χ2v) is 8.67. The molecule has 1 aliphatic rings. The van der Waals surface area contributed by atoms with Gasteiger partial charge in [0.2, 0.25) is 11.8 Å². The van der Waals surface area contributed by atoms with Crippen LogP contribution in [0.15, 0.2) is 71.5 Å². The number of carbonyl (C=O) groups is 2. The Morgan fingerprint density at radius 2 is 1.72 bits per heavy atom. The Morgan fingerprint density at radius 1 is 1.11 bits per heavy atom. The van der Waals surface area contributed by atoms with Gasteiger partial charge in [-0.05, 0) is 42.7 Å². The molecule has 192 valence electrons. The van der Waals surface area contributed by atoms with E-state index < -0.39 is 11.9 Å². The van der Waals surface area contributed by atoms with E-state index in [1.807, 2.05) is 0 Å². The van der Waals surface area contributed by atoms with Gasteiger partial charge in [0.15, 0.2) is 5.71 Å². The summed E-state index contributed by atoms with van der Waals surface area (Å²) in [5.41, 5.74) is 5.39. The van der Waals surface area contributed by atoms with Crippen molar-refractivity contribution in [2.24, 2.45) is 16.6 Å². The summed E-state index contributed by atoms with van der Waals surface area (Å²) in [6, 6.07) is 14.5. The molecule has 3 rings (SSSR count). The first-order valence-corrected chi connectivity index (χ1v) is 11.6. The molecule has 2 aromatic carbocycles. The van der Waals surface area contributed by atoms with Gasteiger partial charge in [0.05, 0.1) is 11.4 Å². The van der Waals surface area contributed by atoms with E-state index in [1.165, 1.54) is 19.1 Å². The van der Waals surface area contributed by atoms with Crippen LogP contribution < -0.4 is 11.1 Å². The number of benzene rings is 2. The lowest BCUT2D eigenvalue weighted by atomic mass is 9.95. The molecule has 0 atom stereocenters. The highest BCUT2D eigenvalue weighted by atomic mass is 19.4. The van der Waals surface area contributed by atoms with E-state index in [9.17, 15) is 22.8 Å². The fraction of sp³-hybridized carbons (Fsp3) is 0.346. The summed E-state index contributed by atoms with van der Waals surface area (Å²) in [6.45, 7) is 3.03. The molecule has 0 aliphatic carbocycles. The molecule has 36 heavy (non-hydrogen) atoms. The highest BCUT2D eigenvalue weighted by Gasteiger charge is 2.38. The van der Waals surface area contributed by atoms with Gasteiger partial charge < -0.3 is 20.9 Å². The number of hydrogen-bond donors (Lipinski definition) is 2. The van der Waals surface area contributed by atoms with E-state index in [4.69, 9.17) is 5.73 Å². The number of anilines is 1. The van der Waals surface area contributed by atoms with Gasteiger partial charge in [0, 0.05) is 51.4 Å². The number of alkyl halides is 3. The van der Waals surface area contributed by atoms with Gasteiger partial charge in [0.25, 0.3) is 0 Å². The fourth-order valence-corrected chi connectivity index (χ4v) is 4.04. The summed E-state index contributed by atoms with van der Waals surface area (Å²) in [4.78, 5) is 31.4. The van der Waals surface area contributed by atoms with Crippen LogP contribution in [0.5, 0.6) is 0 Å². The number of nitrogens with zero attached hydrogens (tertiary/aromatic N) is 3. The first-order chi connectivity index (χ1) is 17.1. The van der Waals surface area contributed by atoms with Gasteiger partial charge in [-0.1, -0.05) is 30.3 Å². The molecule has 2 aromatic rings. The Labute approximate surface area is 208 Å². The molecular weight excluding hydrogens is 471 g/mol. The largest absolute Gasteiger partial charge is 0.435 e. The van der Waals surface area contributed by atoms with Crippen LogP contribution in [0.25, 0.3) is 0 Å². The number of nitrogens with two attached hydrogens (primary N) is 1. The summed E-state index contributed by atoms with van der Waals surface area (Å²) in [7, 11) is 1.72. The molecule has 0 spiro atoms. The van der Waals surface area contributed by atoms with Crippen molar-refractivity contribution in [3.8, 4) is 0 Å². The molecule has 7 nitrogen and oxygen atoms in total. The lowest BCUT2D eigenvalue weighted by Crippen LogP contribution is -2.42. The Balaban J connectivity index is 1.64. The topological polar surface area (TPSA) is 91.0 Å². The molecule has 0 bridgehead atoms. The fourth-order valence-electron chi connectivity index (χ4n) is 4.04. The molecule has 3 N–H and O–H groups in total. The third-order valence-electron chi connectivity index (χ3n) is 6.01. The number of aliphatic imine (C=N–C) groups is 1. The number of hydrogen-bond acceptors (Lipinski definition) is 5. The standard InChI is InChI=1S/C26H30F3N5O2/c1-18(35)34-14-12-20(13-15-34)25(36)33(2)17-19-8-10-22(11-9-19)31-23(16-30)24(26(27,28)29)32-21-6-4-3-5-7-21/h3-11,16,20,31H,12-15,17,30H2,1-2H3/b23-16+,32-24?. The summed E-state index contributed by atoms with van der Waals surface area (Å²) < 4.78 is 41.2. The predicted molar refractivity (Wildman–Crippen MR) is 133 cm³/mol. The van der Waals surface area contributed by atoms with Crippen molar-refractivity contribution in [2.45, 2.75) is 32.5 Å². The molecule has 1 heterocycles. The van der Waals surface area contributed by atoms with Gasteiger partial charge >= 0.3 is 6.18 Å². The van der Waals surface area contributed by atoms with E-state index in [0.29, 0.717) is 38.2 Å². The van der Waals surface area contributed by atoms with Crippen LogP contribution in [0.1, 0.15) is 25.3 Å². The number of rotatable bonds is 7. The number of para-hydroxylation sites is 1. The van der Waals surface area contributed by atoms with Crippen molar-refractivity contribution in [3.63, 3.8) is 0 Å². The highest BCUT2D eigenvalue weighted by molar-refractivity contribution is 6.07. The lowest BCUT2D eigenvalue weighted by Gasteiger charge is -2.32. The van der Waals surface area contributed by atoms with Crippen LogP contribution in [0.3, 0.4) is 0 Å². The van der Waals surface area contributed by atoms with Gasteiger partial charge in [-0.25, -0.2) is 4.99 Å². The SMILES string of the molecule is CC(=O)N1CCC(C(=O)N(C)Cc2ccc(N/C(=C/N)C(=Nc3ccccc3)C(F)(F)F)cc2)CC1. The number of carbonyl (C=O) groups excluding carboxylic acids is 2. The number of amides is 2. The summed E-state index contributed by atoms with van der Waals surface area (Å²) in [6.07, 6.45) is -2.62. The smallest absolute Gasteiger partial charge is 0.403 e. The van der Waals surface area contributed by atoms with Gasteiger partial charge in [-0.15, -0.1) is 0 Å². The van der Waals surface area contributed by atoms with Crippen molar-refractivity contribution in [1.82, 2.24) is 9.80 Å². The average molecular weight is 502 g/mol. The zero-order chi connectivity index (χ0) is 26.3. The minimum Gasteiger partial charge on any atom is -0.403 e. The van der Waals surface area contributed by atoms with Crippen LogP contribution in [-0.2, 0) is 16.1 Å². The lowest BCUT2D eigenvalue weighted by molar-refractivity contribution is -0.139. The van der Waals surface area contributed by atoms with E-state index in [0.717, 1.165) is 11.8 Å². The van der Waals surface area contributed by atoms with Crippen LogP contribution in [0.2, 0.25) is 0 Å². The van der Waals surface area contributed by atoms with Crippen LogP contribution in [0.4, 0.5) is 24.5 Å². The maximum absolute atomic E-state index is 13.7. The number of likely N-dealkylation sites (tertiary alicyclic amines) is 1. The van der Waals surface area contributed by atoms with E-state index in [2.05, 4.69) is 10.3 Å². The molecule has 0 saturated carbocycles. The molecule has 2 amide bonds.